The molecule has 3 aromatic rings. The minimum absolute atomic E-state index is 0.0492. The lowest BCUT2D eigenvalue weighted by molar-refractivity contribution is -0.125. The van der Waals surface area contributed by atoms with Gasteiger partial charge >= 0.3 is 6.09 Å². The minimum Gasteiger partial charge on any atom is -0.508 e. The molecule has 0 unspecified atom stereocenters. The Hall–Kier alpha value is -4.41. The van der Waals surface area contributed by atoms with E-state index in [1.807, 2.05) is 66.7 Å². The van der Waals surface area contributed by atoms with E-state index in [-0.39, 0.29) is 29.7 Å². The third-order valence-electron chi connectivity index (χ3n) is 9.18. The van der Waals surface area contributed by atoms with E-state index in [2.05, 4.69) is 25.8 Å². The van der Waals surface area contributed by atoms with E-state index in [4.69, 9.17) is 4.74 Å². The van der Waals surface area contributed by atoms with Crippen LogP contribution < -0.4 is 16.0 Å². The Morgan fingerprint density at radius 3 is 2.27 bits per heavy atom. The Kier molecular flexibility index (Phi) is 13.3. The Morgan fingerprint density at radius 2 is 1.50 bits per heavy atom. The molecule has 2 heterocycles. The normalized spacial score (nSPS) is 17.1. The van der Waals surface area contributed by atoms with Crippen LogP contribution in [0, 0.1) is 0 Å². The van der Waals surface area contributed by atoms with Gasteiger partial charge in [0, 0.05) is 51.3 Å². The second-order valence-electron chi connectivity index (χ2n) is 12.7. The maximum atomic E-state index is 12.8. The van der Waals surface area contributed by atoms with Crippen molar-refractivity contribution in [2.24, 2.45) is 0 Å². The number of aromatic hydroxyl groups is 1. The summed E-state index contributed by atoms with van der Waals surface area (Å²) in [7, 11) is 0. The number of phenols is 1. The average Bonchev–Trinajstić information content (AvgIpc) is 3.57. The summed E-state index contributed by atoms with van der Waals surface area (Å²) < 4.78 is 5.73. The van der Waals surface area contributed by atoms with Gasteiger partial charge in [-0.15, -0.1) is 0 Å². The third-order valence-corrected chi connectivity index (χ3v) is 9.18. The van der Waals surface area contributed by atoms with E-state index in [1.165, 1.54) is 0 Å². The molecule has 2 fully saturated rings. The van der Waals surface area contributed by atoms with Gasteiger partial charge in [0.1, 0.15) is 11.9 Å². The highest BCUT2D eigenvalue weighted by Gasteiger charge is 2.30. The van der Waals surface area contributed by atoms with Gasteiger partial charge < -0.3 is 25.4 Å². The van der Waals surface area contributed by atoms with Crippen molar-refractivity contribution in [3.05, 3.63) is 84.4 Å². The number of nitrogens with one attached hydrogen (secondary N) is 3. The zero-order valence-electron chi connectivity index (χ0n) is 27.7. The first-order chi connectivity index (χ1) is 23.4. The highest BCUT2D eigenvalue weighted by molar-refractivity contribution is 5.91. The SMILES string of the molecule is O=C(CCN1CCC(OC(=O)Nc2ccccc2-c2ccccc2)CC1)NCCCCCNC(=O)[C@@H]1CCCN1Cc1ccc(O)cc1. The lowest BCUT2D eigenvalue weighted by Crippen LogP contribution is -2.43. The van der Waals surface area contributed by atoms with Crippen molar-refractivity contribution in [3.8, 4) is 16.9 Å². The van der Waals surface area contributed by atoms with E-state index in [9.17, 15) is 19.5 Å². The molecule has 2 aliphatic heterocycles. The van der Waals surface area contributed by atoms with Crippen LogP contribution in [0.2, 0.25) is 0 Å². The van der Waals surface area contributed by atoms with E-state index in [0.29, 0.717) is 32.6 Å². The van der Waals surface area contributed by atoms with Gasteiger partial charge in [-0.05, 0) is 80.8 Å². The molecule has 2 aliphatic rings. The minimum atomic E-state index is -0.443. The van der Waals surface area contributed by atoms with Crippen LogP contribution in [0.3, 0.4) is 0 Å². The third kappa shape index (κ3) is 10.8. The number of para-hydroxylation sites is 1. The fourth-order valence-electron chi connectivity index (χ4n) is 6.48. The van der Waals surface area contributed by atoms with Crippen molar-refractivity contribution in [1.82, 2.24) is 20.4 Å². The van der Waals surface area contributed by atoms with E-state index in [1.54, 1.807) is 12.1 Å². The number of benzene rings is 3. The molecule has 3 amide bonds. The first-order valence-corrected chi connectivity index (χ1v) is 17.4. The number of hydrogen-bond donors (Lipinski definition) is 4. The fourth-order valence-corrected chi connectivity index (χ4v) is 6.48. The Bertz CT molecular complexity index is 1460. The molecule has 10 nitrogen and oxygen atoms in total. The van der Waals surface area contributed by atoms with Crippen molar-refractivity contribution in [1.29, 1.82) is 0 Å². The molecule has 0 radical (unpaired) electrons. The molecule has 256 valence electrons. The summed E-state index contributed by atoms with van der Waals surface area (Å²) in [4.78, 5) is 42.3. The smallest absolute Gasteiger partial charge is 0.411 e. The number of likely N-dealkylation sites (tertiary alicyclic amines) is 2. The van der Waals surface area contributed by atoms with Gasteiger partial charge in [0.25, 0.3) is 0 Å². The van der Waals surface area contributed by atoms with Crippen molar-refractivity contribution in [2.75, 3.05) is 44.6 Å². The monoisotopic (exact) mass is 655 g/mol. The van der Waals surface area contributed by atoms with Crippen LogP contribution in [0.5, 0.6) is 5.75 Å². The summed E-state index contributed by atoms with van der Waals surface area (Å²) in [6.07, 6.45) is 5.89. The molecule has 3 aromatic carbocycles. The molecule has 0 saturated carbocycles. The van der Waals surface area contributed by atoms with E-state index in [0.717, 1.165) is 87.0 Å². The molecule has 0 spiro atoms. The highest BCUT2D eigenvalue weighted by Crippen LogP contribution is 2.28. The summed E-state index contributed by atoms with van der Waals surface area (Å²) in [5.74, 6) is 0.384. The number of unbranched alkanes of at least 4 members (excludes halogenated alkanes) is 2. The van der Waals surface area contributed by atoms with Crippen LogP contribution in [-0.2, 0) is 20.9 Å². The lowest BCUT2D eigenvalue weighted by Gasteiger charge is -2.31. The molecule has 0 aromatic heterocycles. The number of anilines is 1. The fraction of sp³-hybridized carbons (Fsp3) is 0.447. The molecule has 10 heteroatoms. The number of carbonyl (C=O) groups is 3. The first kappa shape index (κ1) is 34.9. The number of piperidine rings is 1. The summed E-state index contributed by atoms with van der Waals surface area (Å²) in [5, 5.41) is 18.5. The topological polar surface area (TPSA) is 123 Å². The van der Waals surface area contributed by atoms with Crippen LogP contribution in [0.15, 0.2) is 78.9 Å². The van der Waals surface area contributed by atoms with Crippen LogP contribution in [0.1, 0.15) is 56.9 Å². The van der Waals surface area contributed by atoms with Crippen LogP contribution in [0.25, 0.3) is 11.1 Å². The second kappa shape index (κ2) is 18.2. The predicted molar refractivity (Wildman–Crippen MR) is 187 cm³/mol. The van der Waals surface area contributed by atoms with E-state index >= 15 is 0 Å². The zero-order valence-corrected chi connectivity index (χ0v) is 27.7. The van der Waals surface area contributed by atoms with Crippen molar-refractivity contribution in [3.63, 3.8) is 0 Å². The maximum absolute atomic E-state index is 12.8. The van der Waals surface area contributed by atoms with Gasteiger partial charge in [-0.1, -0.05) is 60.7 Å². The number of phenolic OH excluding ortho intramolecular Hbond substituents is 1. The van der Waals surface area contributed by atoms with Gasteiger partial charge in [-0.3, -0.25) is 19.8 Å². The average molecular weight is 656 g/mol. The van der Waals surface area contributed by atoms with Gasteiger partial charge in [-0.25, -0.2) is 4.79 Å². The van der Waals surface area contributed by atoms with Crippen LogP contribution in [0.4, 0.5) is 10.5 Å². The summed E-state index contributed by atoms with van der Waals surface area (Å²) in [6.45, 7) is 5.13. The van der Waals surface area contributed by atoms with Crippen LogP contribution in [-0.4, -0.2) is 84.2 Å². The highest BCUT2D eigenvalue weighted by atomic mass is 16.6. The number of amides is 3. The molecular formula is C38H49N5O5. The number of nitrogens with zero attached hydrogens (tertiary/aromatic N) is 2. The molecule has 1 atom stereocenters. The zero-order chi connectivity index (χ0) is 33.6. The molecule has 2 saturated heterocycles. The first-order valence-electron chi connectivity index (χ1n) is 17.4. The summed E-state index contributed by atoms with van der Waals surface area (Å²) in [6, 6.07) is 24.7. The summed E-state index contributed by atoms with van der Waals surface area (Å²) >= 11 is 0. The van der Waals surface area contributed by atoms with Crippen molar-refractivity contribution in [2.45, 2.75) is 70.1 Å². The lowest BCUT2D eigenvalue weighted by atomic mass is 10.0. The quantitative estimate of drug-likeness (QED) is 0.159. The predicted octanol–water partition coefficient (Wildman–Crippen LogP) is 5.53. The number of carbonyl (C=O) groups excluding carboxylic acids is 3. The van der Waals surface area contributed by atoms with E-state index < -0.39 is 6.09 Å². The van der Waals surface area contributed by atoms with Gasteiger partial charge in [-0.2, -0.15) is 0 Å². The molecule has 0 bridgehead atoms. The maximum Gasteiger partial charge on any atom is 0.411 e. The Labute approximate surface area is 283 Å². The largest absolute Gasteiger partial charge is 0.508 e. The standard InChI is InChI=1S/C38H49N5O5/c44-31-17-15-29(16-18-31)28-43-24-9-14-35(43)37(46)40-23-8-2-7-22-39-36(45)21-27-42-25-19-32(20-26-42)48-38(47)41-34-13-6-5-12-33(34)30-10-3-1-4-11-30/h1,3-6,10-13,15-18,32,35,44H,2,7-9,14,19-28H2,(H,39,45)(H,40,46)(H,41,47)/t35-/m0/s1. The Morgan fingerprint density at radius 1 is 0.792 bits per heavy atom. The van der Waals surface area contributed by atoms with Crippen LogP contribution >= 0.6 is 0 Å². The molecule has 4 N–H and O–H groups in total. The number of ether oxygens (including phenoxy) is 1. The molecular weight excluding hydrogens is 606 g/mol. The molecule has 0 aliphatic carbocycles. The summed E-state index contributed by atoms with van der Waals surface area (Å²) in [5.41, 5.74) is 3.79. The van der Waals surface area contributed by atoms with Gasteiger partial charge in [0.15, 0.2) is 0 Å². The van der Waals surface area contributed by atoms with Crippen molar-refractivity contribution < 1.29 is 24.2 Å². The number of hydrogen-bond acceptors (Lipinski definition) is 7. The molecule has 48 heavy (non-hydrogen) atoms. The Balaban J connectivity index is 0.885. The van der Waals surface area contributed by atoms with Gasteiger partial charge in [0.2, 0.25) is 11.8 Å². The molecule has 5 rings (SSSR count). The number of rotatable bonds is 15. The van der Waals surface area contributed by atoms with Gasteiger partial charge in [0.05, 0.1) is 11.7 Å². The second-order valence-corrected chi connectivity index (χ2v) is 12.7. The van der Waals surface area contributed by atoms with Crippen molar-refractivity contribution >= 4 is 23.6 Å².